The van der Waals surface area contributed by atoms with Crippen molar-refractivity contribution in [3.05, 3.63) is 63.0 Å². The molecule has 3 rings (SSSR count). The quantitative estimate of drug-likeness (QED) is 0.739. The van der Waals surface area contributed by atoms with Gasteiger partial charge in [-0.15, -0.1) is 0 Å². The molecule has 0 radical (unpaired) electrons. The summed E-state index contributed by atoms with van der Waals surface area (Å²) in [6, 6.07) is 8.32. The zero-order valence-corrected chi connectivity index (χ0v) is 15.3. The predicted molar refractivity (Wildman–Crippen MR) is 97.8 cm³/mol. The zero-order chi connectivity index (χ0) is 18.8. The summed E-state index contributed by atoms with van der Waals surface area (Å²) in [4.78, 5) is 21.2. The van der Waals surface area contributed by atoms with Crippen LogP contribution < -0.4 is 5.32 Å². The van der Waals surface area contributed by atoms with E-state index >= 15 is 0 Å². The van der Waals surface area contributed by atoms with E-state index in [1.165, 1.54) is 23.0 Å². The summed E-state index contributed by atoms with van der Waals surface area (Å²) in [5.74, 6) is -0.0932. The minimum absolute atomic E-state index is 0.161. The van der Waals surface area contributed by atoms with Gasteiger partial charge in [0.05, 0.1) is 16.8 Å². The molecule has 26 heavy (non-hydrogen) atoms. The van der Waals surface area contributed by atoms with Gasteiger partial charge >= 0.3 is 0 Å². The van der Waals surface area contributed by atoms with Crippen LogP contribution in [0.5, 0.6) is 0 Å². The molecule has 130 valence electrons. The van der Waals surface area contributed by atoms with Crippen molar-refractivity contribution in [3.8, 4) is 12.0 Å². The summed E-state index contributed by atoms with van der Waals surface area (Å²) in [6.07, 6.45) is 1.33. The van der Waals surface area contributed by atoms with Gasteiger partial charge in [-0.2, -0.15) is 15.0 Å². The average Bonchev–Trinajstić information content (AvgIpc) is 2.96. The first-order chi connectivity index (χ1) is 12.4. The first-order valence-corrected chi connectivity index (χ1v) is 8.22. The fourth-order valence-electron chi connectivity index (χ4n) is 2.35. The molecule has 2 aromatic heterocycles. The molecule has 1 aromatic carbocycles. The number of carbonyl (C=O) groups excluding carboxylic acids is 1. The molecular weight excluding hydrogens is 375 g/mol. The van der Waals surface area contributed by atoms with Crippen LogP contribution in [0.2, 0.25) is 10.0 Å². The van der Waals surface area contributed by atoms with Gasteiger partial charge in [-0.3, -0.25) is 4.79 Å². The van der Waals surface area contributed by atoms with Gasteiger partial charge in [-0.05, 0) is 38.1 Å². The maximum Gasteiger partial charge on any atom is 0.258 e. The maximum absolute atomic E-state index is 12.6. The Hall–Kier alpha value is -2.95. The van der Waals surface area contributed by atoms with Gasteiger partial charge in [-0.25, -0.2) is 9.97 Å². The van der Waals surface area contributed by atoms with Gasteiger partial charge in [0.2, 0.25) is 0 Å². The SMILES string of the molecule is Cc1cc(C)nc(-n2ncc(C#N)c2NC(=O)c2ccc(Cl)cc2Cl)n1. The third-order valence-electron chi connectivity index (χ3n) is 3.46. The molecule has 2 heterocycles. The van der Waals surface area contributed by atoms with E-state index in [0.29, 0.717) is 5.02 Å². The highest BCUT2D eigenvalue weighted by Gasteiger charge is 2.19. The number of nitrogens with zero attached hydrogens (tertiary/aromatic N) is 5. The first kappa shape index (κ1) is 17.9. The van der Waals surface area contributed by atoms with Gasteiger partial charge in [0.25, 0.3) is 11.9 Å². The van der Waals surface area contributed by atoms with E-state index in [0.717, 1.165) is 11.4 Å². The Bertz CT molecular complexity index is 1030. The molecule has 7 nitrogen and oxygen atoms in total. The van der Waals surface area contributed by atoms with Crippen molar-refractivity contribution in [2.45, 2.75) is 13.8 Å². The lowest BCUT2D eigenvalue weighted by molar-refractivity contribution is 0.102. The van der Waals surface area contributed by atoms with E-state index < -0.39 is 5.91 Å². The largest absolute Gasteiger partial charge is 0.305 e. The van der Waals surface area contributed by atoms with Crippen LogP contribution in [0.25, 0.3) is 5.95 Å². The van der Waals surface area contributed by atoms with Gasteiger partial charge in [0.15, 0.2) is 5.82 Å². The van der Waals surface area contributed by atoms with E-state index in [4.69, 9.17) is 23.2 Å². The van der Waals surface area contributed by atoms with Crippen LogP contribution in [-0.2, 0) is 0 Å². The molecule has 0 aliphatic rings. The van der Waals surface area contributed by atoms with Gasteiger partial charge < -0.3 is 5.32 Å². The van der Waals surface area contributed by atoms with Crippen LogP contribution in [0.3, 0.4) is 0 Å². The standard InChI is InChI=1S/C17H12Cl2N6O/c1-9-5-10(2)23-17(22-9)25-15(11(7-20)8-21-25)24-16(26)13-4-3-12(18)6-14(13)19/h3-6,8H,1-2H3,(H,24,26). The molecule has 0 saturated carbocycles. The Balaban J connectivity index is 2.03. The number of rotatable bonds is 3. The molecule has 0 aliphatic carbocycles. The normalized spacial score (nSPS) is 10.4. The second-order valence-electron chi connectivity index (χ2n) is 5.46. The number of nitriles is 1. The van der Waals surface area contributed by atoms with Crippen LogP contribution in [0.1, 0.15) is 27.3 Å². The molecule has 0 fully saturated rings. The Morgan fingerprint density at radius 3 is 2.50 bits per heavy atom. The molecule has 0 atom stereocenters. The molecule has 0 saturated heterocycles. The third-order valence-corrected chi connectivity index (χ3v) is 4.01. The molecule has 0 spiro atoms. The van der Waals surface area contributed by atoms with Crippen LogP contribution >= 0.6 is 23.2 Å². The fourth-order valence-corrected chi connectivity index (χ4v) is 2.85. The Morgan fingerprint density at radius 1 is 1.19 bits per heavy atom. The van der Waals surface area contributed by atoms with Gasteiger partial charge in [-0.1, -0.05) is 23.2 Å². The predicted octanol–water partition coefficient (Wildman–Crippen LogP) is 3.71. The highest BCUT2D eigenvalue weighted by atomic mass is 35.5. The topological polar surface area (TPSA) is 96.5 Å². The maximum atomic E-state index is 12.6. The number of hydrogen-bond acceptors (Lipinski definition) is 5. The lowest BCUT2D eigenvalue weighted by Gasteiger charge is -2.10. The minimum Gasteiger partial charge on any atom is -0.305 e. The van der Waals surface area contributed by atoms with E-state index in [1.807, 2.05) is 26.0 Å². The molecular formula is C17H12Cl2N6O. The second-order valence-corrected chi connectivity index (χ2v) is 6.30. The lowest BCUT2D eigenvalue weighted by Crippen LogP contribution is -2.17. The van der Waals surface area contributed by atoms with Crippen molar-refractivity contribution in [1.82, 2.24) is 19.7 Å². The number of nitrogens with one attached hydrogen (secondary N) is 1. The summed E-state index contributed by atoms with van der Waals surface area (Å²) in [5, 5.41) is 16.7. The van der Waals surface area contributed by atoms with Crippen molar-refractivity contribution < 1.29 is 4.79 Å². The van der Waals surface area contributed by atoms with Crippen LogP contribution in [0.15, 0.2) is 30.5 Å². The van der Waals surface area contributed by atoms with Crippen molar-refractivity contribution in [3.63, 3.8) is 0 Å². The van der Waals surface area contributed by atoms with E-state index in [9.17, 15) is 10.1 Å². The number of hydrogen-bond donors (Lipinski definition) is 1. The van der Waals surface area contributed by atoms with E-state index in [-0.39, 0.29) is 27.9 Å². The van der Waals surface area contributed by atoms with Crippen molar-refractivity contribution in [2.24, 2.45) is 0 Å². The van der Waals surface area contributed by atoms with Crippen LogP contribution in [0, 0.1) is 25.2 Å². The minimum atomic E-state index is -0.505. The summed E-state index contributed by atoms with van der Waals surface area (Å²) in [5.41, 5.74) is 1.86. The summed E-state index contributed by atoms with van der Waals surface area (Å²) < 4.78 is 1.31. The summed E-state index contributed by atoms with van der Waals surface area (Å²) >= 11 is 11.9. The molecule has 9 heteroatoms. The summed E-state index contributed by atoms with van der Waals surface area (Å²) in [7, 11) is 0. The van der Waals surface area contributed by atoms with Crippen molar-refractivity contribution in [1.29, 1.82) is 5.26 Å². The number of benzene rings is 1. The molecule has 3 aromatic rings. The number of amides is 1. The number of aryl methyl sites for hydroxylation is 2. The third kappa shape index (κ3) is 3.52. The zero-order valence-electron chi connectivity index (χ0n) is 13.8. The van der Waals surface area contributed by atoms with E-state index in [2.05, 4.69) is 20.4 Å². The van der Waals surface area contributed by atoms with Crippen molar-refractivity contribution >= 4 is 34.9 Å². The fraction of sp³-hybridized carbons (Fsp3) is 0.118. The molecule has 1 N–H and O–H groups in total. The summed E-state index contributed by atoms with van der Waals surface area (Å²) in [6.45, 7) is 3.64. The van der Waals surface area contributed by atoms with Crippen LogP contribution in [0.4, 0.5) is 5.82 Å². The van der Waals surface area contributed by atoms with Crippen molar-refractivity contribution in [2.75, 3.05) is 5.32 Å². The smallest absolute Gasteiger partial charge is 0.258 e. The number of aromatic nitrogens is 4. The first-order valence-electron chi connectivity index (χ1n) is 7.46. The Kier molecular flexibility index (Phi) is 4.89. The van der Waals surface area contributed by atoms with Gasteiger partial charge in [0, 0.05) is 16.4 Å². The van der Waals surface area contributed by atoms with Gasteiger partial charge in [0.1, 0.15) is 11.6 Å². The number of carbonyl (C=O) groups is 1. The lowest BCUT2D eigenvalue weighted by atomic mass is 10.2. The van der Waals surface area contributed by atoms with E-state index in [1.54, 1.807) is 6.07 Å². The molecule has 0 unspecified atom stereocenters. The molecule has 0 aliphatic heterocycles. The Morgan fingerprint density at radius 2 is 1.88 bits per heavy atom. The molecule has 1 amide bonds. The average molecular weight is 387 g/mol. The Labute approximate surface area is 159 Å². The number of halogens is 2. The second kappa shape index (κ2) is 7.12. The highest BCUT2D eigenvalue weighted by molar-refractivity contribution is 6.37. The van der Waals surface area contributed by atoms with Crippen LogP contribution in [-0.4, -0.2) is 25.7 Å². The monoisotopic (exact) mass is 386 g/mol. The number of anilines is 1. The highest BCUT2D eigenvalue weighted by Crippen LogP contribution is 2.24. The molecule has 0 bridgehead atoms.